The Morgan fingerprint density at radius 1 is 0.923 bits per heavy atom. The number of carbonyl (C=O) groups is 2. The second-order valence-electron chi connectivity index (χ2n) is 15.5. The van der Waals surface area contributed by atoms with Crippen LogP contribution in [-0.2, 0) is 9.59 Å². The highest BCUT2D eigenvalue weighted by Gasteiger charge is 2.61. The minimum absolute atomic E-state index is 0.0444. The lowest BCUT2D eigenvalue weighted by molar-refractivity contribution is -0.166. The molecular formula is C35H52O4. The molecule has 5 aliphatic carbocycles. The molecule has 5 rings (SSSR count). The number of fused-ring (bicyclic) bond motifs is 3. The van der Waals surface area contributed by atoms with Gasteiger partial charge in [-0.1, -0.05) is 63.1 Å². The van der Waals surface area contributed by atoms with E-state index in [9.17, 15) is 19.8 Å². The average Bonchev–Trinajstić information content (AvgIpc) is 2.89. The van der Waals surface area contributed by atoms with Crippen LogP contribution in [-0.4, -0.2) is 22.2 Å². The Labute approximate surface area is 236 Å². The van der Waals surface area contributed by atoms with Crippen molar-refractivity contribution in [2.75, 3.05) is 0 Å². The van der Waals surface area contributed by atoms with Crippen LogP contribution in [0.4, 0.5) is 0 Å². The Bertz CT molecular complexity index is 1100. The second kappa shape index (κ2) is 9.62. The van der Waals surface area contributed by atoms with Gasteiger partial charge in [-0.2, -0.15) is 0 Å². The van der Waals surface area contributed by atoms with Crippen LogP contribution in [0, 0.1) is 57.2 Å². The molecule has 9 atom stereocenters. The van der Waals surface area contributed by atoms with Crippen molar-refractivity contribution in [2.45, 2.75) is 112 Å². The summed E-state index contributed by atoms with van der Waals surface area (Å²) in [6.07, 6.45) is 13.0. The van der Waals surface area contributed by atoms with Crippen molar-refractivity contribution in [3.63, 3.8) is 0 Å². The first kappa shape index (κ1) is 28.7. The predicted molar refractivity (Wildman–Crippen MR) is 156 cm³/mol. The van der Waals surface area contributed by atoms with Crippen molar-refractivity contribution in [1.82, 2.24) is 0 Å². The first-order valence-corrected chi connectivity index (χ1v) is 15.7. The lowest BCUT2D eigenvalue weighted by Crippen LogP contribution is -2.55. The van der Waals surface area contributed by atoms with E-state index < -0.39 is 22.8 Å². The molecule has 0 aromatic heterocycles. The molecule has 0 aliphatic heterocycles. The Hall–Kier alpha value is -1.84. The lowest BCUT2D eigenvalue weighted by atomic mass is 9.44. The number of aliphatic carboxylic acids is 2. The zero-order chi connectivity index (χ0) is 28.5. The van der Waals surface area contributed by atoms with Crippen LogP contribution in [0.2, 0.25) is 0 Å². The first-order chi connectivity index (χ1) is 18.2. The summed E-state index contributed by atoms with van der Waals surface area (Å²) in [6, 6.07) is 0. The normalized spacial score (nSPS) is 45.7. The third kappa shape index (κ3) is 4.21. The third-order valence-electron chi connectivity index (χ3n) is 13.4. The van der Waals surface area contributed by atoms with Crippen molar-refractivity contribution in [2.24, 2.45) is 57.2 Å². The molecule has 39 heavy (non-hydrogen) atoms. The summed E-state index contributed by atoms with van der Waals surface area (Å²) in [6.45, 7) is 20.2. The monoisotopic (exact) mass is 536 g/mol. The molecule has 4 fully saturated rings. The van der Waals surface area contributed by atoms with E-state index in [4.69, 9.17) is 0 Å². The number of rotatable bonds is 4. The molecule has 0 aromatic carbocycles. The SMILES string of the molecule is C=C1CCC2CC=C(C)C(CC3C(=C)CCC4C(C)(C(=O)O)CCCC34C)C2(C(=O)O)CCC2C1CC2(C)C. The van der Waals surface area contributed by atoms with Crippen LogP contribution < -0.4 is 0 Å². The minimum Gasteiger partial charge on any atom is -0.481 e. The van der Waals surface area contributed by atoms with Crippen LogP contribution in [0.5, 0.6) is 0 Å². The Morgan fingerprint density at radius 2 is 1.62 bits per heavy atom. The fourth-order valence-corrected chi connectivity index (χ4v) is 11.0. The fraction of sp³-hybridized carbons (Fsp3) is 0.771. The summed E-state index contributed by atoms with van der Waals surface area (Å²) < 4.78 is 0. The molecule has 0 spiro atoms. The molecule has 4 saturated carbocycles. The second-order valence-corrected chi connectivity index (χ2v) is 15.5. The van der Waals surface area contributed by atoms with Gasteiger partial charge in [0.05, 0.1) is 10.8 Å². The summed E-state index contributed by atoms with van der Waals surface area (Å²) >= 11 is 0. The molecule has 0 bridgehead atoms. The fourth-order valence-electron chi connectivity index (χ4n) is 11.0. The Balaban J connectivity index is 1.54. The molecular weight excluding hydrogens is 484 g/mol. The lowest BCUT2D eigenvalue weighted by Gasteiger charge is -2.59. The van der Waals surface area contributed by atoms with Crippen LogP contribution >= 0.6 is 0 Å². The van der Waals surface area contributed by atoms with Crippen molar-refractivity contribution in [3.8, 4) is 0 Å². The topological polar surface area (TPSA) is 74.6 Å². The maximum Gasteiger partial charge on any atom is 0.310 e. The van der Waals surface area contributed by atoms with Gasteiger partial charge in [-0.25, -0.2) is 0 Å². The minimum atomic E-state index is -0.784. The Kier molecular flexibility index (Phi) is 7.08. The number of allylic oxidation sites excluding steroid dienone is 4. The van der Waals surface area contributed by atoms with E-state index in [0.29, 0.717) is 11.8 Å². The van der Waals surface area contributed by atoms with Gasteiger partial charge in [0.2, 0.25) is 0 Å². The van der Waals surface area contributed by atoms with Crippen LogP contribution in [0.15, 0.2) is 36.0 Å². The van der Waals surface area contributed by atoms with Gasteiger partial charge in [0.25, 0.3) is 0 Å². The van der Waals surface area contributed by atoms with E-state index in [0.717, 1.165) is 70.6 Å². The predicted octanol–water partition coefficient (Wildman–Crippen LogP) is 8.69. The van der Waals surface area contributed by atoms with Crippen LogP contribution in [0.25, 0.3) is 0 Å². The van der Waals surface area contributed by atoms with Gasteiger partial charge >= 0.3 is 11.9 Å². The molecule has 0 radical (unpaired) electrons. The van der Waals surface area contributed by atoms with E-state index in [1.807, 2.05) is 6.92 Å². The molecule has 9 unspecified atom stereocenters. The quantitative estimate of drug-likeness (QED) is 0.352. The van der Waals surface area contributed by atoms with Gasteiger partial charge in [0, 0.05) is 0 Å². The van der Waals surface area contributed by atoms with Gasteiger partial charge in [0.15, 0.2) is 0 Å². The van der Waals surface area contributed by atoms with E-state index in [-0.39, 0.29) is 34.5 Å². The van der Waals surface area contributed by atoms with Crippen molar-refractivity contribution in [1.29, 1.82) is 0 Å². The smallest absolute Gasteiger partial charge is 0.310 e. The molecule has 0 saturated heterocycles. The number of hydrogen-bond acceptors (Lipinski definition) is 2. The summed E-state index contributed by atoms with van der Waals surface area (Å²) in [4.78, 5) is 26.2. The molecule has 5 aliphatic rings. The van der Waals surface area contributed by atoms with Gasteiger partial charge in [0.1, 0.15) is 0 Å². The van der Waals surface area contributed by atoms with Crippen LogP contribution in [0.3, 0.4) is 0 Å². The summed E-state index contributed by atoms with van der Waals surface area (Å²) in [7, 11) is 0. The number of hydrogen-bond donors (Lipinski definition) is 2. The van der Waals surface area contributed by atoms with Crippen LogP contribution in [0.1, 0.15) is 112 Å². The van der Waals surface area contributed by atoms with E-state index in [2.05, 4.69) is 46.9 Å². The average molecular weight is 537 g/mol. The van der Waals surface area contributed by atoms with Gasteiger partial charge < -0.3 is 10.2 Å². The van der Waals surface area contributed by atoms with Crippen molar-refractivity contribution < 1.29 is 19.8 Å². The molecule has 4 heteroatoms. The molecule has 2 N–H and O–H groups in total. The maximum atomic E-state index is 13.6. The highest BCUT2D eigenvalue weighted by Crippen LogP contribution is 2.65. The first-order valence-electron chi connectivity index (χ1n) is 15.7. The van der Waals surface area contributed by atoms with E-state index in [1.165, 1.54) is 23.1 Å². The van der Waals surface area contributed by atoms with Crippen molar-refractivity contribution in [3.05, 3.63) is 36.0 Å². The highest BCUT2D eigenvalue weighted by atomic mass is 16.4. The summed E-state index contributed by atoms with van der Waals surface area (Å²) in [5.74, 6) is 0.0584. The zero-order valence-electron chi connectivity index (χ0n) is 25.2. The van der Waals surface area contributed by atoms with E-state index >= 15 is 0 Å². The van der Waals surface area contributed by atoms with Gasteiger partial charge in [-0.05, 0) is 131 Å². The van der Waals surface area contributed by atoms with Gasteiger partial charge in [-0.3, -0.25) is 9.59 Å². The number of carboxylic acid groups (broad SMARTS) is 2. The molecule has 4 nitrogen and oxygen atoms in total. The largest absolute Gasteiger partial charge is 0.481 e. The molecule has 216 valence electrons. The van der Waals surface area contributed by atoms with E-state index in [1.54, 1.807) is 0 Å². The summed E-state index contributed by atoms with van der Waals surface area (Å²) in [5, 5.41) is 21.5. The van der Waals surface area contributed by atoms with Gasteiger partial charge in [-0.15, -0.1) is 0 Å². The standard InChI is InChI=1S/C35H52O4/c1-21-9-12-24-13-10-23(3)28(35(24,31(38)39)18-15-26-25(21)20-32(26,4)5)19-27-22(2)11-14-29-33(27,6)16-8-17-34(29,7)30(36)37/h10,24-29H,1-2,8-9,11-20H2,3-7H3,(H,36,37)(H,38,39). The highest BCUT2D eigenvalue weighted by molar-refractivity contribution is 5.77. The maximum absolute atomic E-state index is 13.6. The van der Waals surface area contributed by atoms with Crippen molar-refractivity contribution >= 4 is 11.9 Å². The Morgan fingerprint density at radius 3 is 2.26 bits per heavy atom. The summed E-state index contributed by atoms with van der Waals surface area (Å²) in [5.41, 5.74) is 2.36. The molecule has 0 heterocycles. The number of carboxylic acids is 2. The molecule has 0 aromatic rings. The molecule has 0 amide bonds. The third-order valence-corrected chi connectivity index (χ3v) is 13.4. The zero-order valence-corrected chi connectivity index (χ0v) is 25.2.